The Balaban J connectivity index is 1.49. The van der Waals surface area contributed by atoms with Crippen molar-refractivity contribution in [1.82, 2.24) is 9.55 Å². The molecule has 0 atom stereocenters. The van der Waals surface area contributed by atoms with Crippen molar-refractivity contribution in [1.29, 1.82) is 0 Å². The van der Waals surface area contributed by atoms with E-state index in [-0.39, 0.29) is 12.5 Å². The SMILES string of the molecule is COc1ccc2c(ccn2CC(=O)Nc2nc3c(s2)CCC3)c1. The number of fused-ring (bicyclic) bond motifs is 2. The third kappa shape index (κ3) is 2.70. The number of benzene rings is 1. The number of carbonyl (C=O) groups is 1. The van der Waals surface area contributed by atoms with Crippen molar-refractivity contribution in [3.63, 3.8) is 0 Å². The summed E-state index contributed by atoms with van der Waals surface area (Å²) in [7, 11) is 1.65. The number of carbonyl (C=O) groups excluding carboxylic acids is 1. The lowest BCUT2D eigenvalue weighted by molar-refractivity contribution is -0.116. The minimum Gasteiger partial charge on any atom is -0.497 e. The molecular weight excluding hydrogens is 310 g/mol. The van der Waals surface area contributed by atoms with Crippen LogP contribution in [0.15, 0.2) is 30.5 Å². The third-order valence-electron chi connectivity index (χ3n) is 4.13. The van der Waals surface area contributed by atoms with Crippen LogP contribution < -0.4 is 10.1 Å². The van der Waals surface area contributed by atoms with Crippen LogP contribution in [0.1, 0.15) is 17.0 Å². The number of hydrogen-bond acceptors (Lipinski definition) is 4. The number of thiazole rings is 1. The van der Waals surface area contributed by atoms with Gasteiger partial charge in [-0.05, 0) is 43.5 Å². The molecule has 6 heteroatoms. The zero-order valence-corrected chi connectivity index (χ0v) is 13.7. The Bertz CT molecular complexity index is 860. The number of aromatic nitrogens is 2. The predicted octanol–water partition coefficient (Wildman–Crippen LogP) is 3.23. The van der Waals surface area contributed by atoms with Crippen LogP contribution in [-0.2, 0) is 24.2 Å². The van der Waals surface area contributed by atoms with Gasteiger partial charge in [0.2, 0.25) is 5.91 Å². The molecule has 0 fully saturated rings. The molecule has 1 aromatic carbocycles. The van der Waals surface area contributed by atoms with Crippen molar-refractivity contribution in [2.24, 2.45) is 0 Å². The lowest BCUT2D eigenvalue weighted by Crippen LogP contribution is -2.18. The molecule has 0 spiro atoms. The Kier molecular flexibility index (Phi) is 3.53. The van der Waals surface area contributed by atoms with E-state index in [0.29, 0.717) is 0 Å². The Labute approximate surface area is 137 Å². The van der Waals surface area contributed by atoms with E-state index in [0.717, 1.165) is 40.3 Å². The minimum absolute atomic E-state index is 0.0502. The smallest absolute Gasteiger partial charge is 0.246 e. The number of rotatable bonds is 4. The first-order valence-corrected chi connectivity index (χ1v) is 8.46. The molecule has 2 aromatic heterocycles. The fourth-order valence-electron chi connectivity index (χ4n) is 3.00. The summed E-state index contributed by atoms with van der Waals surface area (Å²) < 4.78 is 7.16. The molecule has 23 heavy (non-hydrogen) atoms. The molecule has 5 nitrogen and oxygen atoms in total. The normalized spacial score (nSPS) is 13.3. The molecule has 3 aromatic rings. The minimum atomic E-state index is -0.0502. The Morgan fingerprint density at radius 2 is 2.30 bits per heavy atom. The highest BCUT2D eigenvalue weighted by Crippen LogP contribution is 2.30. The molecule has 1 N–H and O–H groups in total. The molecule has 0 aliphatic heterocycles. The largest absolute Gasteiger partial charge is 0.497 e. The molecule has 0 bridgehead atoms. The summed E-state index contributed by atoms with van der Waals surface area (Å²) >= 11 is 1.60. The average molecular weight is 327 g/mol. The lowest BCUT2D eigenvalue weighted by Gasteiger charge is -2.06. The fourth-order valence-corrected chi connectivity index (χ4v) is 4.07. The van der Waals surface area contributed by atoms with Gasteiger partial charge in [0.1, 0.15) is 12.3 Å². The van der Waals surface area contributed by atoms with Gasteiger partial charge in [0.15, 0.2) is 5.13 Å². The number of amides is 1. The molecule has 1 amide bonds. The number of nitrogens with one attached hydrogen (secondary N) is 1. The molecular formula is C17H17N3O2S. The van der Waals surface area contributed by atoms with Crippen molar-refractivity contribution >= 4 is 33.3 Å². The van der Waals surface area contributed by atoms with Gasteiger partial charge in [0.25, 0.3) is 0 Å². The van der Waals surface area contributed by atoms with Crippen molar-refractivity contribution in [3.8, 4) is 5.75 Å². The van der Waals surface area contributed by atoms with E-state index in [4.69, 9.17) is 4.74 Å². The van der Waals surface area contributed by atoms with E-state index in [2.05, 4.69) is 10.3 Å². The monoisotopic (exact) mass is 327 g/mol. The van der Waals surface area contributed by atoms with E-state index in [9.17, 15) is 4.79 Å². The molecule has 0 saturated carbocycles. The number of nitrogens with zero attached hydrogens (tertiary/aromatic N) is 2. The molecule has 4 rings (SSSR count). The summed E-state index contributed by atoms with van der Waals surface area (Å²) in [5, 5.41) is 4.70. The number of anilines is 1. The summed E-state index contributed by atoms with van der Waals surface area (Å²) in [6.45, 7) is 0.278. The number of hydrogen-bond donors (Lipinski definition) is 1. The predicted molar refractivity (Wildman–Crippen MR) is 91.3 cm³/mol. The van der Waals surface area contributed by atoms with E-state index >= 15 is 0 Å². The maximum absolute atomic E-state index is 12.3. The van der Waals surface area contributed by atoms with Gasteiger partial charge in [-0.15, -0.1) is 11.3 Å². The van der Waals surface area contributed by atoms with Crippen LogP contribution in [0.2, 0.25) is 0 Å². The number of ether oxygens (including phenoxy) is 1. The van der Waals surface area contributed by atoms with Crippen molar-refractivity contribution in [2.75, 3.05) is 12.4 Å². The molecule has 1 aliphatic carbocycles. The topological polar surface area (TPSA) is 56.1 Å². The van der Waals surface area contributed by atoms with Crippen LogP contribution in [0.5, 0.6) is 5.75 Å². The molecule has 0 saturated heterocycles. The van der Waals surface area contributed by atoms with Crippen LogP contribution in [-0.4, -0.2) is 22.6 Å². The maximum Gasteiger partial charge on any atom is 0.246 e. The van der Waals surface area contributed by atoms with Gasteiger partial charge in [-0.1, -0.05) is 0 Å². The summed E-state index contributed by atoms with van der Waals surface area (Å²) in [5.74, 6) is 0.766. The molecule has 118 valence electrons. The summed E-state index contributed by atoms with van der Waals surface area (Å²) in [6.07, 6.45) is 5.23. The van der Waals surface area contributed by atoms with Crippen molar-refractivity contribution < 1.29 is 9.53 Å². The molecule has 0 unspecified atom stereocenters. The highest BCUT2D eigenvalue weighted by atomic mass is 32.1. The maximum atomic E-state index is 12.3. The van der Waals surface area contributed by atoms with E-state index < -0.39 is 0 Å². The quantitative estimate of drug-likeness (QED) is 0.800. The van der Waals surface area contributed by atoms with Crippen LogP contribution in [0.3, 0.4) is 0 Å². The third-order valence-corrected chi connectivity index (χ3v) is 5.21. The Morgan fingerprint density at radius 3 is 3.13 bits per heavy atom. The first-order chi connectivity index (χ1) is 11.2. The standard InChI is InChI=1S/C17H17N3O2S/c1-22-12-5-6-14-11(9-12)7-8-20(14)10-16(21)19-17-18-13-3-2-4-15(13)23-17/h5-9H,2-4,10H2,1H3,(H,18,19,21). The molecule has 1 aliphatic rings. The second-order valence-corrected chi connectivity index (χ2v) is 6.74. The van der Waals surface area contributed by atoms with Gasteiger partial charge in [0.05, 0.1) is 12.8 Å². The van der Waals surface area contributed by atoms with E-state index in [1.807, 2.05) is 35.0 Å². The molecule has 2 heterocycles. The van der Waals surface area contributed by atoms with E-state index in [1.165, 1.54) is 11.3 Å². The van der Waals surface area contributed by atoms with Gasteiger partial charge in [0, 0.05) is 22.0 Å². The Hall–Kier alpha value is -2.34. The summed E-state index contributed by atoms with van der Waals surface area (Å²) in [6, 6.07) is 7.83. The first-order valence-electron chi connectivity index (χ1n) is 7.64. The van der Waals surface area contributed by atoms with Crippen molar-refractivity contribution in [2.45, 2.75) is 25.8 Å². The first kappa shape index (κ1) is 14.3. The van der Waals surface area contributed by atoms with Crippen LogP contribution >= 0.6 is 11.3 Å². The van der Waals surface area contributed by atoms with Gasteiger partial charge in [-0.3, -0.25) is 4.79 Å². The average Bonchev–Trinajstić information content (AvgIpc) is 3.22. The van der Waals surface area contributed by atoms with Crippen LogP contribution in [0.4, 0.5) is 5.13 Å². The highest BCUT2D eigenvalue weighted by Gasteiger charge is 2.18. The van der Waals surface area contributed by atoms with Gasteiger partial charge >= 0.3 is 0 Å². The van der Waals surface area contributed by atoms with Crippen LogP contribution in [0.25, 0.3) is 10.9 Å². The number of methoxy groups -OCH3 is 1. The fraction of sp³-hybridized carbons (Fsp3) is 0.294. The second kappa shape index (κ2) is 5.70. The van der Waals surface area contributed by atoms with Gasteiger partial charge < -0.3 is 14.6 Å². The van der Waals surface area contributed by atoms with E-state index in [1.54, 1.807) is 18.4 Å². The van der Waals surface area contributed by atoms with Gasteiger partial charge in [-0.25, -0.2) is 4.98 Å². The number of aryl methyl sites for hydroxylation is 2. The Morgan fingerprint density at radius 1 is 1.39 bits per heavy atom. The zero-order chi connectivity index (χ0) is 15.8. The summed E-state index contributed by atoms with van der Waals surface area (Å²) in [4.78, 5) is 18.1. The van der Waals surface area contributed by atoms with Crippen LogP contribution in [0, 0.1) is 0 Å². The lowest BCUT2D eigenvalue weighted by atomic mass is 10.2. The zero-order valence-electron chi connectivity index (χ0n) is 12.8. The highest BCUT2D eigenvalue weighted by molar-refractivity contribution is 7.15. The van der Waals surface area contributed by atoms with Crippen molar-refractivity contribution in [3.05, 3.63) is 41.0 Å². The molecule has 0 radical (unpaired) electrons. The second-order valence-electron chi connectivity index (χ2n) is 5.66. The summed E-state index contributed by atoms with van der Waals surface area (Å²) in [5.41, 5.74) is 2.17. The van der Waals surface area contributed by atoms with Gasteiger partial charge in [-0.2, -0.15) is 0 Å².